The Balaban J connectivity index is 0.00000216. The van der Waals surface area contributed by atoms with Gasteiger partial charge in [-0.25, -0.2) is 13.8 Å². The number of ether oxygens (including phenoxy) is 1. The average Bonchev–Trinajstić information content (AvgIpc) is 2.79. The zero-order chi connectivity index (χ0) is 23.2. The van der Waals surface area contributed by atoms with E-state index < -0.39 is 11.6 Å². The minimum absolute atomic E-state index is 0. The van der Waals surface area contributed by atoms with Crippen molar-refractivity contribution in [1.82, 2.24) is 15.3 Å². The van der Waals surface area contributed by atoms with Crippen LogP contribution >= 0.6 is 0 Å². The molecule has 0 aliphatic rings. The third-order valence-electron chi connectivity index (χ3n) is 4.93. The van der Waals surface area contributed by atoms with Crippen molar-refractivity contribution in [2.24, 2.45) is 0 Å². The molecule has 0 amide bonds. The van der Waals surface area contributed by atoms with E-state index in [4.69, 9.17) is 4.74 Å². The van der Waals surface area contributed by atoms with Crippen molar-refractivity contribution in [1.29, 1.82) is 0 Å². The second kappa shape index (κ2) is 9.91. The summed E-state index contributed by atoms with van der Waals surface area (Å²) in [5.41, 5.74) is 3.65. The van der Waals surface area contributed by atoms with Gasteiger partial charge in [0.25, 0.3) is 0 Å². The number of pyridine rings is 2. The molecule has 0 spiro atoms. The first-order valence-electron chi connectivity index (χ1n) is 10.3. The van der Waals surface area contributed by atoms with Crippen molar-refractivity contribution in [3.8, 4) is 11.5 Å². The van der Waals surface area contributed by atoms with E-state index in [-0.39, 0.29) is 9.40 Å². The molecule has 5 nitrogen and oxygen atoms in total. The van der Waals surface area contributed by atoms with E-state index in [1.54, 1.807) is 30.7 Å². The van der Waals surface area contributed by atoms with E-state index in [0.29, 0.717) is 28.6 Å². The predicted molar refractivity (Wildman–Crippen MR) is 129 cm³/mol. The van der Waals surface area contributed by atoms with Crippen LogP contribution in [-0.4, -0.2) is 9.97 Å². The van der Waals surface area contributed by atoms with E-state index in [9.17, 15) is 8.78 Å². The Labute approximate surface area is 193 Å². The van der Waals surface area contributed by atoms with Crippen LogP contribution in [0.4, 0.5) is 20.3 Å². The topological polar surface area (TPSA) is 59.1 Å². The molecule has 0 atom stereocenters. The molecule has 7 heteroatoms. The Bertz CT molecular complexity index is 1270. The molecule has 0 aliphatic carbocycles. The smallest absolute Gasteiger partial charge is 0.134 e. The summed E-state index contributed by atoms with van der Waals surface area (Å²) in [6, 6.07) is 16.4. The fourth-order valence-electron chi connectivity index (χ4n) is 3.32. The van der Waals surface area contributed by atoms with Crippen molar-refractivity contribution in [3.63, 3.8) is 0 Å². The van der Waals surface area contributed by atoms with Gasteiger partial charge in [0.2, 0.25) is 0 Å². The monoisotopic (exact) mass is 448 g/mol. The lowest BCUT2D eigenvalue weighted by Crippen LogP contribution is -2.12. The lowest BCUT2D eigenvalue weighted by atomic mass is 10.0. The molecule has 0 radical (unpaired) electrons. The van der Waals surface area contributed by atoms with Crippen LogP contribution in [-0.2, 0) is 6.54 Å². The van der Waals surface area contributed by atoms with Crippen LogP contribution in [0, 0.1) is 18.6 Å². The van der Waals surface area contributed by atoms with E-state index in [2.05, 4.69) is 27.2 Å². The van der Waals surface area contributed by atoms with Gasteiger partial charge in [-0.1, -0.05) is 18.7 Å². The highest BCUT2D eigenvalue weighted by Gasteiger charge is 2.10. The molecular formula is C26H26F2N4O. The lowest BCUT2D eigenvalue weighted by Gasteiger charge is -2.16. The molecule has 0 saturated heterocycles. The quantitative estimate of drug-likeness (QED) is 0.309. The molecule has 2 N–H and O–H groups in total. The van der Waals surface area contributed by atoms with E-state index in [1.165, 1.54) is 12.1 Å². The first-order valence-corrected chi connectivity index (χ1v) is 10.3. The van der Waals surface area contributed by atoms with Crippen molar-refractivity contribution in [2.75, 3.05) is 5.32 Å². The zero-order valence-corrected chi connectivity index (χ0v) is 18.0. The minimum Gasteiger partial charge on any atom is -0.457 e. The van der Waals surface area contributed by atoms with Crippen molar-refractivity contribution >= 4 is 17.2 Å². The molecule has 0 aliphatic heterocycles. The van der Waals surface area contributed by atoms with Crippen LogP contribution in [0.3, 0.4) is 0 Å². The Morgan fingerprint density at radius 2 is 1.85 bits per heavy atom. The number of aromatic nitrogens is 2. The third-order valence-corrected chi connectivity index (χ3v) is 4.93. The van der Waals surface area contributed by atoms with Gasteiger partial charge in [0.15, 0.2) is 0 Å². The molecule has 0 unspecified atom stereocenters. The highest BCUT2D eigenvalue weighted by atomic mass is 19.1. The van der Waals surface area contributed by atoms with Gasteiger partial charge in [-0.3, -0.25) is 4.98 Å². The molecule has 2 aromatic carbocycles. The van der Waals surface area contributed by atoms with Gasteiger partial charge >= 0.3 is 0 Å². The molecule has 2 aromatic heterocycles. The summed E-state index contributed by atoms with van der Waals surface area (Å²) in [5, 5.41) is 6.31. The SMILES string of the molecule is C=C(NCc1cc(F)cc(F)c1)c1cccc(Oc2ccnc(Nc3cccnc3)c2)c1C.[HH].[HH]. The van der Waals surface area contributed by atoms with Gasteiger partial charge in [0, 0.05) is 50.7 Å². The van der Waals surface area contributed by atoms with Gasteiger partial charge < -0.3 is 15.4 Å². The number of halogens is 2. The van der Waals surface area contributed by atoms with Crippen LogP contribution in [0.15, 0.2) is 85.8 Å². The normalized spacial score (nSPS) is 10.5. The predicted octanol–water partition coefficient (Wildman–Crippen LogP) is 6.85. The highest BCUT2D eigenvalue weighted by molar-refractivity contribution is 5.67. The fraction of sp³-hybridized carbons (Fsp3) is 0.0769. The highest BCUT2D eigenvalue weighted by Crippen LogP contribution is 2.30. The number of hydrogen-bond donors (Lipinski definition) is 2. The van der Waals surface area contributed by atoms with Crippen LogP contribution in [0.5, 0.6) is 11.5 Å². The summed E-state index contributed by atoms with van der Waals surface area (Å²) in [6.45, 7) is 6.24. The van der Waals surface area contributed by atoms with E-state index in [0.717, 1.165) is 22.9 Å². The number of hydrogen-bond acceptors (Lipinski definition) is 5. The molecule has 170 valence electrons. The summed E-state index contributed by atoms with van der Waals surface area (Å²) in [4.78, 5) is 8.39. The number of benzene rings is 2. The second-order valence-electron chi connectivity index (χ2n) is 7.38. The van der Waals surface area contributed by atoms with Crippen LogP contribution < -0.4 is 15.4 Å². The first-order chi connectivity index (χ1) is 16.0. The Morgan fingerprint density at radius 3 is 2.61 bits per heavy atom. The number of anilines is 2. The Morgan fingerprint density at radius 1 is 1.03 bits per heavy atom. The maximum Gasteiger partial charge on any atom is 0.134 e. The summed E-state index contributed by atoms with van der Waals surface area (Å²) in [6.07, 6.45) is 5.07. The fourth-order valence-corrected chi connectivity index (χ4v) is 3.32. The lowest BCUT2D eigenvalue weighted by molar-refractivity contribution is 0.478. The molecule has 0 saturated carbocycles. The number of nitrogens with zero attached hydrogens (tertiary/aromatic N) is 2. The maximum absolute atomic E-state index is 13.4. The zero-order valence-electron chi connectivity index (χ0n) is 18.0. The van der Waals surface area contributed by atoms with Gasteiger partial charge in [0.1, 0.15) is 29.0 Å². The third kappa shape index (κ3) is 5.71. The van der Waals surface area contributed by atoms with Gasteiger partial charge in [-0.2, -0.15) is 0 Å². The van der Waals surface area contributed by atoms with Gasteiger partial charge in [-0.05, 0) is 48.9 Å². The van der Waals surface area contributed by atoms with Crippen molar-refractivity contribution in [3.05, 3.63) is 114 Å². The number of rotatable bonds is 8. The maximum atomic E-state index is 13.4. The van der Waals surface area contributed by atoms with Crippen molar-refractivity contribution in [2.45, 2.75) is 13.5 Å². The van der Waals surface area contributed by atoms with Crippen LogP contribution in [0.2, 0.25) is 0 Å². The average molecular weight is 449 g/mol. The number of nitrogens with one attached hydrogen (secondary N) is 2. The largest absolute Gasteiger partial charge is 0.457 e. The molecule has 4 rings (SSSR count). The van der Waals surface area contributed by atoms with Crippen molar-refractivity contribution < 1.29 is 16.4 Å². The Hall–Kier alpha value is -4.26. The molecule has 4 aromatic rings. The summed E-state index contributed by atoms with van der Waals surface area (Å²) >= 11 is 0. The first kappa shape index (κ1) is 22.0. The van der Waals surface area contributed by atoms with Crippen LogP contribution in [0.1, 0.15) is 19.5 Å². The van der Waals surface area contributed by atoms with E-state index >= 15 is 0 Å². The minimum atomic E-state index is -0.612. The molecule has 0 bridgehead atoms. The Kier molecular flexibility index (Phi) is 6.59. The summed E-state index contributed by atoms with van der Waals surface area (Å²) in [7, 11) is 0. The molecule has 2 heterocycles. The van der Waals surface area contributed by atoms with Gasteiger partial charge in [0.05, 0.1) is 11.9 Å². The standard InChI is InChI=1S/C26H22F2N4O.2H2/c1-17-24(18(2)31-15-19-11-20(27)13-21(28)12-19)6-3-7-25(17)33-23-8-10-30-26(14-23)32-22-5-4-9-29-16-22;;/h3-14,16,31H,2,15H2,1H3,(H,30,32);2*1H. The summed E-state index contributed by atoms with van der Waals surface area (Å²) in [5.74, 6) is 0.677. The molecular weight excluding hydrogens is 422 g/mol. The van der Waals surface area contributed by atoms with Crippen LogP contribution in [0.25, 0.3) is 5.70 Å². The summed E-state index contributed by atoms with van der Waals surface area (Å²) < 4.78 is 33.0. The molecule has 33 heavy (non-hydrogen) atoms. The second-order valence-corrected chi connectivity index (χ2v) is 7.38. The molecule has 0 fully saturated rings. The van der Waals surface area contributed by atoms with E-state index in [1.807, 2.05) is 37.3 Å². The van der Waals surface area contributed by atoms with Gasteiger partial charge in [-0.15, -0.1) is 0 Å².